The van der Waals surface area contributed by atoms with Crippen LogP contribution in [0.3, 0.4) is 0 Å². The fourth-order valence-corrected chi connectivity index (χ4v) is 0.934. The Hall–Kier alpha value is -1.55. The highest BCUT2D eigenvalue weighted by Gasteiger charge is 1.99. The average Bonchev–Trinajstić information content (AvgIpc) is 2.25. The number of hydrogen-bond donors (Lipinski definition) is 1. The van der Waals surface area contributed by atoms with Crippen LogP contribution in [0.15, 0.2) is 30.3 Å². The summed E-state index contributed by atoms with van der Waals surface area (Å²) >= 11 is 0. The molecule has 1 amide bonds. The Morgan fingerprint density at radius 1 is 1.36 bits per heavy atom. The van der Waals surface area contributed by atoms with Crippen LogP contribution in [0.25, 0.3) is 0 Å². The summed E-state index contributed by atoms with van der Waals surface area (Å²) in [5.41, 5.74) is 1.03. The summed E-state index contributed by atoms with van der Waals surface area (Å²) in [7, 11) is 1.46. The summed E-state index contributed by atoms with van der Waals surface area (Å²) in [6.07, 6.45) is -0.476. The van der Waals surface area contributed by atoms with Gasteiger partial charge < -0.3 is 14.8 Å². The molecule has 0 bridgehead atoms. The van der Waals surface area contributed by atoms with Gasteiger partial charge in [0.05, 0.1) is 0 Å². The highest BCUT2D eigenvalue weighted by Crippen LogP contribution is 1.97. The molecule has 1 aromatic rings. The number of benzene rings is 1. The van der Waals surface area contributed by atoms with Crippen molar-refractivity contribution in [3.63, 3.8) is 0 Å². The molecular formula is C10H13NO3. The van der Waals surface area contributed by atoms with Crippen LogP contribution in [0.2, 0.25) is 0 Å². The van der Waals surface area contributed by atoms with Crippen molar-refractivity contribution in [1.29, 1.82) is 0 Å². The lowest BCUT2D eigenvalue weighted by Gasteiger charge is -2.05. The molecule has 1 N–H and O–H groups in total. The maximum Gasteiger partial charge on any atom is 0.409 e. The van der Waals surface area contributed by atoms with Crippen molar-refractivity contribution in [3.8, 4) is 0 Å². The lowest BCUT2D eigenvalue weighted by Crippen LogP contribution is -2.24. The van der Waals surface area contributed by atoms with Crippen molar-refractivity contribution >= 4 is 6.09 Å². The molecule has 14 heavy (non-hydrogen) atoms. The number of hydrogen-bond acceptors (Lipinski definition) is 3. The van der Waals surface area contributed by atoms with E-state index in [4.69, 9.17) is 0 Å². The predicted molar refractivity (Wildman–Crippen MR) is 51.6 cm³/mol. The summed E-state index contributed by atoms with van der Waals surface area (Å²) in [6.45, 7) is 0.435. The molecule has 4 heteroatoms. The van der Waals surface area contributed by atoms with Crippen LogP contribution in [0, 0.1) is 0 Å². The fraction of sp³-hybridized carbons (Fsp3) is 0.300. The molecule has 0 aliphatic carbocycles. The van der Waals surface area contributed by atoms with Crippen LogP contribution in [0.1, 0.15) is 5.56 Å². The van der Waals surface area contributed by atoms with Gasteiger partial charge in [-0.15, -0.1) is 0 Å². The van der Waals surface area contributed by atoms with E-state index in [1.807, 2.05) is 30.3 Å². The maximum absolute atomic E-state index is 11.0. The van der Waals surface area contributed by atoms with E-state index in [0.717, 1.165) is 5.56 Å². The minimum atomic E-state index is -0.476. The van der Waals surface area contributed by atoms with Crippen molar-refractivity contribution in [2.75, 3.05) is 13.9 Å². The molecule has 0 spiro atoms. The molecule has 0 radical (unpaired) electrons. The van der Waals surface area contributed by atoms with Crippen LogP contribution in [-0.2, 0) is 16.0 Å². The lowest BCUT2D eigenvalue weighted by molar-refractivity contribution is 0.0118. The molecule has 0 fully saturated rings. The van der Waals surface area contributed by atoms with Gasteiger partial charge >= 0.3 is 6.09 Å². The molecule has 4 nitrogen and oxygen atoms in total. The monoisotopic (exact) mass is 195 g/mol. The topological polar surface area (TPSA) is 47.6 Å². The SMILES string of the molecule is COCOC(=O)NCc1ccccc1. The number of rotatable bonds is 4. The molecule has 0 heterocycles. The normalized spacial score (nSPS) is 9.50. The van der Waals surface area contributed by atoms with Gasteiger partial charge in [-0.1, -0.05) is 30.3 Å². The highest BCUT2D eigenvalue weighted by atomic mass is 16.7. The summed E-state index contributed by atoms with van der Waals surface area (Å²) in [4.78, 5) is 11.0. The zero-order valence-electron chi connectivity index (χ0n) is 8.03. The molecule has 0 unspecified atom stereocenters. The second kappa shape index (κ2) is 5.99. The summed E-state index contributed by atoms with van der Waals surface area (Å²) in [5, 5.41) is 2.59. The van der Waals surface area contributed by atoms with E-state index in [9.17, 15) is 4.79 Å². The average molecular weight is 195 g/mol. The molecule has 0 saturated carbocycles. The number of alkyl carbamates (subject to hydrolysis) is 1. The minimum Gasteiger partial charge on any atom is -0.422 e. The molecule has 0 aromatic heterocycles. The third-order valence-corrected chi connectivity index (χ3v) is 1.59. The van der Waals surface area contributed by atoms with Crippen molar-refractivity contribution in [2.45, 2.75) is 6.54 Å². The number of nitrogens with one attached hydrogen (secondary N) is 1. The Morgan fingerprint density at radius 2 is 2.07 bits per heavy atom. The van der Waals surface area contributed by atoms with Crippen LogP contribution in [0.4, 0.5) is 4.79 Å². The number of ether oxygens (including phenoxy) is 2. The number of amides is 1. The Balaban J connectivity index is 2.24. The van der Waals surface area contributed by atoms with E-state index in [2.05, 4.69) is 14.8 Å². The van der Waals surface area contributed by atoms with Gasteiger partial charge in [0, 0.05) is 13.7 Å². The van der Waals surface area contributed by atoms with E-state index in [1.165, 1.54) is 7.11 Å². The Labute approximate surface area is 82.8 Å². The summed E-state index contributed by atoms with van der Waals surface area (Å²) in [5.74, 6) is 0. The van der Waals surface area contributed by atoms with Gasteiger partial charge in [-0.2, -0.15) is 0 Å². The first kappa shape index (κ1) is 10.5. The van der Waals surface area contributed by atoms with Crippen LogP contribution in [0.5, 0.6) is 0 Å². The van der Waals surface area contributed by atoms with Crippen LogP contribution in [-0.4, -0.2) is 20.0 Å². The van der Waals surface area contributed by atoms with E-state index in [-0.39, 0.29) is 6.79 Å². The quantitative estimate of drug-likeness (QED) is 0.741. The Morgan fingerprint density at radius 3 is 2.71 bits per heavy atom. The molecule has 0 aliphatic heterocycles. The van der Waals surface area contributed by atoms with Crippen LogP contribution >= 0.6 is 0 Å². The predicted octanol–water partition coefficient (Wildman–Crippen LogP) is 1.52. The molecule has 76 valence electrons. The maximum atomic E-state index is 11.0. The van der Waals surface area contributed by atoms with Crippen LogP contribution < -0.4 is 5.32 Å². The second-order valence-electron chi connectivity index (χ2n) is 2.68. The van der Waals surface area contributed by atoms with Gasteiger partial charge in [0.2, 0.25) is 0 Å². The van der Waals surface area contributed by atoms with Gasteiger partial charge in [0.25, 0.3) is 0 Å². The third kappa shape index (κ3) is 3.91. The molecule has 1 aromatic carbocycles. The van der Waals surface area contributed by atoms with E-state index in [0.29, 0.717) is 6.54 Å². The molecule has 0 aliphatic rings. The molecular weight excluding hydrogens is 182 g/mol. The van der Waals surface area contributed by atoms with Gasteiger partial charge in [-0.05, 0) is 5.56 Å². The first-order chi connectivity index (χ1) is 6.83. The Kier molecular flexibility index (Phi) is 4.50. The molecule has 0 saturated heterocycles. The van der Waals surface area contributed by atoms with Crippen molar-refractivity contribution in [1.82, 2.24) is 5.32 Å². The number of methoxy groups -OCH3 is 1. The standard InChI is InChI=1S/C10H13NO3/c1-13-8-14-10(12)11-7-9-5-3-2-4-6-9/h2-6H,7-8H2,1H3,(H,11,12). The fourth-order valence-electron chi connectivity index (χ4n) is 0.934. The van der Waals surface area contributed by atoms with Crippen molar-refractivity contribution < 1.29 is 14.3 Å². The largest absolute Gasteiger partial charge is 0.422 e. The third-order valence-electron chi connectivity index (χ3n) is 1.59. The number of carbonyl (C=O) groups excluding carboxylic acids is 1. The summed E-state index contributed by atoms with van der Waals surface area (Å²) < 4.78 is 9.22. The van der Waals surface area contributed by atoms with Gasteiger partial charge in [0.1, 0.15) is 0 Å². The smallest absolute Gasteiger partial charge is 0.409 e. The molecule has 1 rings (SSSR count). The first-order valence-electron chi connectivity index (χ1n) is 4.26. The molecule has 0 atom stereocenters. The zero-order chi connectivity index (χ0) is 10.2. The van der Waals surface area contributed by atoms with Crippen molar-refractivity contribution in [2.24, 2.45) is 0 Å². The van der Waals surface area contributed by atoms with Gasteiger partial charge in [0.15, 0.2) is 6.79 Å². The van der Waals surface area contributed by atoms with Gasteiger partial charge in [-0.25, -0.2) is 4.79 Å². The van der Waals surface area contributed by atoms with Crippen molar-refractivity contribution in [3.05, 3.63) is 35.9 Å². The van der Waals surface area contributed by atoms with E-state index < -0.39 is 6.09 Å². The lowest BCUT2D eigenvalue weighted by atomic mass is 10.2. The zero-order valence-corrected chi connectivity index (χ0v) is 8.03. The van der Waals surface area contributed by atoms with E-state index in [1.54, 1.807) is 0 Å². The minimum absolute atomic E-state index is 0.0272. The second-order valence-corrected chi connectivity index (χ2v) is 2.68. The number of carbonyl (C=O) groups is 1. The highest BCUT2D eigenvalue weighted by molar-refractivity contribution is 5.66. The first-order valence-corrected chi connectivity index (χ1v) is 4.26. The summed E-state index contributed by atoms with van der Waals surface area (Å²) in [6, 6.07) is 9.61. The van der Waals surface area contributed by atoms with E-state index >= 15 is 0 Å². The van der Waals surface area contributed by atoms with Gasteiger partial charge in [-0.3, -0.25) is 0 Å². The Bertz CT molecular complexity index is 274.